The monoisotopic (exact) mass is 458 g/mol. The molecule has 4 nitrogen and oxygen atoms in total. The predicted molar refractivity (Wildman–Crippen MR) is 121 cm³/mol. The van der Waals surface area contributed by atoms with E-state index in [0.717, 1.165) is 12.8 Å². The molecule has 6 heteroatoms. The summed E-state index contributed by atoms with van der Waals surface area (Å²) in [5.74, 6) is -1.47. The molecule has 2 unspecified atom stereocenters. The fraction of sp³-hybridized carbons (Fsp3) is 0.462. The number of benzene rings is 1. The molecule has 1 aromatic rings. The molecule has 1 aromatic carbocycles. The largest absolute Gasteiger partial charge is 0.428 e. The van der Waals surface area contributed by atoms with Crippen molar-refractivity contribution in [2.24, 2.45) is 11.8 Å². The van der Waals surface area contributed by atoms with Gasteiger partial charge in [0.15, 0.2) is 5.78 Å². The minimum atomic E-state index is -1.14. The van der Waals surface area contributed by atoms with Crippen LogP contribution >= 0.6 is 11.6 Å². The Balaban J connectivity index is 1.96. The molecule has 0 bridgehead atoms. The molecule has 0 amide bonds. The maximum Gasteiger partial charge on any atom is 0.307 e. The summed E-state index contributed by atoms with van der Waals surface area (Å²) >= 11 is 7.22. The van der Waals surface area contributed by atoms with Crippen LogP contribution in [-0.2, 0) is 19.1 Å². The van der Waals surface area contributed by atoms with Crippen LogP contribution in [0, 0.1) is 17.7 Å². The van der Waals surface area contributed by atoms with Gasteiger partial charge in [0, 0.05) is 24.0 Å². The Morgan fingerprint density at radius 1 is 1.16 bits per heavy atom. The Bertz CT molecular complexity index is 1080. The van der Waals surface area contributed by atoms with Crippen LogP contribution in [-0.4, -0.2) is 27.8 Å². The van der Waals surface area contributed by atoms with Crippen molar-refractivity contribution in [3.63, 3.8) is 0 Å². The Hall–Kier alpha value is -2.24. The van der Waals surface area contributed by atoms with Gasteiger partial charge in [-0.3, -0.25) is 9.59 Å². The first-order valence-corrected chi connectivity index (χ1v) is 11.3. The Labute approximate surface area is 193 Å². The first-order valence-electron chi connectivity index (χ1n) is 10.9. The molecular weight excluding hydrogens is 431 g/mol. The van der Waals surface area contributed by atoms with Gasteiger partial charge in [0.25, 0.3) is 0 Å². The molecule has 1 saturated carbocycles. The number of hydrogen-bond acceptors (Lipinski definition) is 4. The van der Waals surface area contributed by atoms with Crippen molar-refractivity contribution in [1.82, 2.24) is 0 Å². The number of ketones is 1. The van der Waals surface area contributed by atoms with Crippen molar-refractivity contribution in [1.29, 1.82) is 0 Å². The molecule has 2 atom stereocenters. The van der Waals surface area contributed by atoms with Gasteiger partial charge in [0.2, 0.25) is 0 Å². The molecule has 170 valence electrons. The molecule has 3 aliphatic rings. The van der Waals surface area contributed by atoms with E-state index in [1.54, 1.807) is 45.9 Å². The van der Waals surface area contributed by atoms with E-state index in [-0.39, 0.29) is 23.3 Å². The van der Waals surface area contributed by atoms with E-state index in [1.807, 2.05) is 18.2 Å². The number of rotatable bonds is 4. The first-order chi connectivity index (χ1) is 14.9. The molecule has 0 N–H and O–H groups in total. The van der Waals surface area contributed by atoms with E-state index in [2.05, 4.69) is 0 Å². The van der Waals surface area contributed by atoms with Crippen LogP contribution in [0.15, 0.2) is 53.8 Å². The standard InChI is InChI=1S/C26H28ClFO4/c1-15(29)31-23-21(22(30)24(2,3)32-25(23,4)5)19-14-16(18-8-6-7-9-20(18)28)12-13-26(19,27)17-10-11-17/h6-9,12-14,17,19H,10-11H2,1-5H3. The highest BCUT2D eigenvalue weighted by molar-refractivity contribution is 6.27. The second kappa shape index (κ2) is 7.67. The van der Waals surface area contributed by atoms with E-state index in [4.69, 9.17) is 21.1 Å². The molecular formula is C26H28ClFO4. The Morgan fingerprint density at radius 3 is 2.41 bits per heavy atom. The number of esters is 1. The second-order valence-corrected chi connectivity index (χ2v) is 10.5. The number of hydrogen-bond donors (Lipinski definition) is 0. The third-order valence-corrected chi connectivity index (χ3v) is 7.05. The lowest BCUT2D eigenvalue weighted by Crippen LogP contribution is -2.53. The van der Waals surface area contributed by atoms with Gasteiger partial charge in [-0.05, 0) is 58.1 Å². The lowest BCUT2D eigenvalue weighted by atomic mass is 9.70. The predicted octanol–water partition coefficient (Wildman–Crippen LogP) is 5.76. The zero-order chi connectivity index (χ0) is 23.5. The van der Waals surface area contributed by atoms with Crippen molar-refractivity contribution < 1.29 is 23.5 Å². The highest BCUT2D eigenvalue weighted by atomic mass is 35.5. The van der Waals surface area contributed by atoms with Crippen LogP contribution in [0.25, 0.3) is 5.57 Å². The summed E-state index contributed by atoms with van der Waals surface area (Å²) in [5.41, 5.74) is -0.795. The Morgan fingerprint density at radius 2 is 1.81 bits per heavy atom. The van der Waals surface area contributed by atoms with Crippen molar-refractivity contribution in [2.45, 2.75) is 63.5 Å². The number of carbonyl (C=O) groups excluding carboxylic acids is 2. The zero-order valence-electron chi connectivity index (χ0n) is 19.0. The molecule has 0 saturated heterocycles. The summed E-state index contributed by atoms with van der Waals surface area (Å²) in [7, 11) is 0. The number of Topliss-reactive ketones (excluding diaryl/α,β-unsaturated/α-hetero) is 1. The summed E-state index contributed by atoms with van der Waals surface area (Å²) in [6.45, 7) is 8.24. The average molecular weight is 459 g/mol. The summed E-state index contributed by atoms with van der Waals surface area (Å²) in [6, 6.07) is 6.49. The van der Waals surface area contributed by atoms with Crippen LogP contribution < -0.4 is 0 Å². The molecule has 0 radical (unpaired) electrons. The fourth-order valence-electron chi connectivity index (χ4n) is 4.87. The van der Waals surface area contributed by atoms with E-state index >= 15 is 0 Å². The van der Waals surface area contributed by atoms with Crippen LogP contribution in [0.3, 0.4) is 0 Å². The highest BCUT2D eigenvalue weighted by Crippen LogP contribution is 2.56. The molecule has 2 aliphatic carbocycles. The minimum absolute atomic E-state index is 0.164. The van der Waals surface area contributed by atoms with Gasteiger partial charge in [0.05, 0.1) is 4.87 Å². The first kappa shape index (κ1) is 22.9. The maximum atomic E-state index is 14.6. The lowest BCUT2D eigenvalue weighted by molar-refractivity contribution is -0.169. The quantitative estimate of drug-likeness (QED) is 0.425. The summed E-state index contributed by atoms with van der Waals surface area (Å²) in [5, 5.41) is 0. The molecule has 1 fully saturated rings. The topological polar surface area (TPSA) is 52.6 Å². The normalized spacial score (nSPS) is 29.0. The van der Waals surface area contributed by atoms with Gasteiger partial charge in [-0.2, -0.15) is 0 Å². The number of allylic oxidation sites excluding steroid dienone is 4. The molecule has 1 heterocycles. The zero-order valence-corrected chi connectivity index (χ0v) is 19.8. The van der Waals surface area contributed by atoms with Crippen molar-refractivity contribution in [2.75, 3.05) is 0 Å². The summed E-state index contributed by atoms with van der Waals surface area (Å²) in [4.78, 5) is 24.8. The molecule has 1 aliphatic heterocycles. The van der Waals surface area contributed by atoms with Gasteiger partial charge in [-0.25, -0.2) is 4.39 Å². The van der Waals surface area contributed by atoms with Gasteiger partial charge in [0.1, 0.15) is 22.8 Å². The molecule has 32 heavy (non-hydrogen) atoms. The van der Waals surface area contributed by atoms with E-state index < -0.39 is 28.0 Å². The molecule has 4 rings (SSSR count). The average Bonchev–Trinajstić information content (AvgIpc) is 3.53. The lowest BCUT2D eigenvalue weighted by Gasteiger charge is -2.46. The fourth-order valence-corrected chi connectivity index (χ4v) is 5.32. The van der Waals surface area contributed by atoms with E-state index in [0.29, 0.717) is 16.7 Å². The van der Waals surface area contributed by atoms with Gasteiger partial charge in [-0.1, -0.05) is 36.4 Å². The maximum absolute atomic E-state index is 14.6. The number of halogens is 2. The smallest absolute Gasteiger partial charge is 0.307 e. The third kappa shape index (κ3) is 3.86. The van der Waals surface area contributed by atoms with Gasteiger partial charge < -0.3 is 9.47 Å². The van der Waals surface area contributed by atoms with Crippen LogP contribution in [0.5, 0.6) is 0 Å². The van der Waals surface area contributed by atoms with Crippen molar-refractivity contribution in [3.8, 4) is 0 Å². The minimum Gasteiger partial charge on any atom is -0.428 e. The van der Waals surface area contributed by atoms with Crippen LogP contribution in [0.2, 0.25) is 0 Å². The van der Waals surface area contributed by atoms with E-state index in [1.165, 1.54) is 13.0 Å². The Kier molecular flexibility index (Phi) is 5.50. The number of carbonyl (C=O) groups is 2. The van der Waals surface area contributed by atoms with Gasteiger partial charge in [-0.15, -0.1) is 11.6 Å². The number of ether oxygens (including phenoxy) is 2. The highest BCUT2D eigenvalue weighted by Gasteiger charge is 2.56. The summed E-state index contributed by atoms with van der Waals surface area (Å²) in [6.07, 6.45) is 7.41. The number of alkyl halides is 1. The van der Waals surface area contributed by atoms with Gasteiger partial charge >= 0.3 is 5.97 Å². The molecule has 0 aromatic heterocycles. The van der Waals surface area contributed by atoms with E-state index in [9.17, 15) is 14.0 Å². The SMILES string of the molecule is CC(=O)OC1=C(C2C=C(c3ccccc3F)C=CC2(Cl)C2CC2)C(=O)C(C)(C)OC1(C)C. The van der Waals surface area contributed by atoms with Crippen molar-refractivity contribution in [3.05, 3.63) is 65.2 Å². The van der Waals surface area contributed by atoms with Crippen molar-refractivity contribution >= 4 is 28.9 Å². The third-order valence-electron chi connectivity index (χ3n) is 6.38. The van der Waals surface area contributed by atoms with Crippen LogP contribution in [0.4, 0.5) is 4.39 Å². The summed E-state index contributed by atoms with van der Waals surface area (Å²) < 4.78 is 26.3. The van der Waals surface area contributed by atoms with Crippen LogP contribution in [0.1, 0.15) is 53.0 Å². The second-order valence-electron chi connectivity index (χ2n) is 9.80. The molecule has 0 spiro atoms.